The molecule has 0 aliphatic heterocycles. The van der Waals surface area contributed by atoms with E-state index in [1.807, 2.05) is 24.3 Å². The summed E-state index contributed by atoms with van der Waals surface area (Å²) in [7, 11) is 0. The van der Waals surface area contributed by atoms with Gasteiger partial charge in [0.1, 0.15) is 0 Å². The number of ketones is 1. The van der Waals surface area contributed by atoms with Gasteiger partial charge in [-0.25, -0.2) is 0 Å². The number of aliphatic hydroxyl groups is 1. The summed E-state index contributed by atoms with van der Waals surface area (Å²) in [5, 5.41) is 11.0. The van der Waals surface area contributed by atoms with Crippen molar-refractivity contribution >= 4 is 29.6 Å². The minimum absolute atomic E-state index is 0.0503. The maximum Gasteiger partial charge on any atom is 0.362 e. The van der Waals surface area contributed by atoms with Gasteiger partial charge < -0.3 is 14.8 Å². The first-order chi connectivity index (χ1) is 16.1. The Morgan fingerprint density at radius 1 is 1.03 bits per heavy atom. The molecule has 0 heterocycles. The molecule has 0 spiro atoms. The number of fused-ring (bicyclic) bond motifs is 1. The largest absolute Gasteiger partial charge is 0.393 e. The number of carbonyl (C=O) groups excluding carboxylic acids is 1. The summed E-state index contributed by atoms with van der Waals surface area (Å²) in [6.07, 6.45) is 13.4. The van der Waals surface area contributed by atoms with E-state index in [-0.39, 0.29) is 23.7 Å². The van der Waals surface area contributed by atoms with Gasteiger partial charge in [-0.1, -0.05) is 51.7 Å². The van der Waals surface area contributed by atoms with Gasteiger partial charge in [-0.15, -0.1) is 0 Å². The van der Waals surface area contributed by atoms with Crippen LogP contribution >= 0.6 is 12.0 Å². The molecule has 0 radical (unpaired) electrons. The fourth-order valence-electron chi connectivity index (χ4n) is 6.22. The number of rotatable bonds is 7. The van der Waals surface area contributed by atoms with E-state index in [1.165, 1.54) is 31.3 Å². The second kappa shape index (κ2) is 11.1. The van der Waals surface area contributed by atoms with Crippen molar-refractivity contribution in [3.63, 3.8) is 0 Å². The van der Waals surface area contributed by atoms with Crippen molar-refractivity contribution in [3.8, 4) is 0 Å². The Morgan fingerprint density at radius 3 is 2.45 bits per heavy atom. The molecule has 5 nitrogen and oxygen atoms in total. The van der Waals surface area contributed by atoms with E-state index in [0.717, 1.165) is 49.0 Å². The van der Waals surface area contributed by atoms with Gasteiger partial charge in [0.25, 0.3) is 5.78 Å². The molecule has 1 aromatic rings. The van der Waals surface area contributed by atoms with Crippen LogP contribution in [-0.4, -0.2) is 33.6 Å². The molecule has 6 heteroatoms. The Morgan fingerprint density at radius 2 is 1.73 bits per heavy atom. The Labute approximate surface area is 201 Å². The third-order valence-corrected chi connectivity index (χ3v) is 8.98. The van der Waals surface area contributed by atoms with Gasteiger partial charge in [-0.3, -0.25) is 4.79 Å². The van der Waals surface area contributed by atoms with Crippen molar-refractivity contribution in [1.82, 2.24) is 0 Å². The number of nitrogens with zero attached hydrogens (tertiary/aromatic N) is 2. The van der Waals surface area contributed by atoms with Crippen LogP contribution < -0.4 is 0 Å². The third kappa shape index (κ3) is 5.19. The SMILES string of the molecule is CCC1CCCC(CC2CCCC(CC)C2OSc2cccc3c2C(=O)C(=[N+]=[N-])C=C3)C1O. The van der Waals surface area contributed by atoms with Crippen molar-refractivity contribution in [3.05, 3.63) is 40.9 Å². The molecule has 6 atom stereocenters. The molecule has 1 N–H and O–H groups in total. The van der Waals surface area contributed by atoms with Crippen molar-refractivity contribution < 1.29 is 18.9 Å². The van der Waals surface area contributed by atoms with Crippen LogP contribution in [0.3, 0.4) is 0 Å². The van der Waals surface area contributed by atoms with Crippen LogP contribution in [0.25, 0.3) is 11.6 Å². The Bertz CT molecular complexity index is 939. The first kappa shape index (κ1) is 24.4. The van der Waals surface area contributed by atoms with Crippen molar-refractivity contribution in [2.45, 2.75) is 88.7 Å². The molecule has 3 aliphatic carbocycles. The predicted octanol–water partition coefficient (Wildman–Crippen LogP) is 6.36. The second-order valence-electron chi connectivity index (χ2n) is 9.96. The van der Waals surface area contributed by atoms with Crippen molar-refractivity contribution in [2.24, 2.45) is 23.7 Å². The van der Waals surface area contributed by atoms with Gasteiger partial charge in [0.2, 0.25) is 0 Å². The molecule has 0 amide bonds. The quantitative estimate of drug-likeness (QED) is 0.287. The second-order valence-corrected chi connectivity index (χ2v) is 10.8. The molecule has 0 aromatic heterocycles. The lowest BCUT2D eigenvalue weighted by Gasteiger charge is -2.41. The standard InChI is InChI=1S/C27H36N2O3S/c1-3-17-8-5-11-20(25(17)30)16-21-12-6-9-18(4-2)27(21)32-33-23-13-7-10-19-14-15-22(29-28)26(31)24(19)23/h7,10,13-15,17-18,20-21,25,27,30H,3-6,8-9,11-12,16H2,1-2H3. The van der Waals surface area contributed by atoms with Gasteiger partial charge in [-0.2, -0.15) is 4.79 Å². The summed E-state index contributed by atoms with van der Waals surface area (Å²) in [6.45, 7) is 4.43. The van der Waals surface area contributed by atoms with E-state index >= 15 is 0 Å². The van der Waals surface area contributed by atoms with Crippen LogP contribution in [0.1, 0.15) is 87.6 Å². The number of hydrogen-bond donors (Lipinski definition) is 1. The van der Waals surface area contributed by atoms with E-state index in [0.29, 0.717) is 29.2 Å². The molecule has 3 aliphatic rings. The van der Waals surface area contributed by atoms with Crippen LogP contribution in [0.2, 0.25) is 0 Å². The molecule has 2 fully saturated rings. The normalized spacial score (nSPS) is 31.8. The van der Waals surface area contributed by atoms with E-state index in [4.69, 9.17) is 4.18 Å². The topological polar surface area (TPSA) is 82.9 Å². The minimum atomic E-state index is -0.273. The number of aliphatic hydroxyl groups excluding tert-OH is 1. The van der Waals surface area contributed by atoms with Gasteiger partial charge in [-0.05, 0) is 73.5 Å². The highest BCUT2D eigenvalue weighted by molar-refractivity contribution is 7.94. The van der Waals surface area contributed by atoms with Crippen LogP contribution in [0, 0.1) is 23.7 Å². The average molecular weight is 469 g/mol. The molecule has 178 valence electrons. The number of benzene rings is 1. The van der Waals surface area contributed by atoms with E-state index in [9.17, 15) is 15.4 Å². The average Bonchev–Trinajstić information content (AvgIpc) is 2.84. The van der Waals surface area contributed by atoms with Crippen molar-refractivity contribution in [1.29, 1.82) is 0 Å². The Hall–Kier alpha value is -1.72. The molecule has 33 heavy (non-hydrogen) atoms. The summed E-state index contributed by atoms with van der Waals surface area (Å²) in [5.74, 6) is 1.44. The summed E-state index contributed by atoms with van der Waals surface area (Å²) < 4.78 is 6.55. The van der Waals surface area contributed by atoms with Crippen molar-refractivity contribution in [2.75, 3.05) is 0 Å². The van der Waals surface area contributed by atoms with Crippen LogP contribution in [0.4, 0.5) is 0 Å². The maximum absolute atomic E-state index is 12.8. The number of hydrogen-bond acceptors (Lipinski definition) is 4. The molecular weight excluding hydrogens is 432 g/mol. The molecule has 0 saturated heterocycles. The van der Waals surface area contributed by atoms with Crippen LogP contribution in [-0.2, 0) is 4.18 Å². The summed E-state index contributed by atoms with van der Waals surface area (Å²) in [5.41, 5.74) is 10.6. The number of Topliss-reactive ketones (excluding diaryl/α,β-unsaturated/α-hetero) is 1. The first-order valence-corrected chi connectivity index (χ1v) is 13.4. The van der Waals surface area contributed by atoms with Gasteiger partial charge in [0.15, 0.2) is 0 Å². The van der Waals surface area contributed by atoms with Gasteiger partial charge >= 0.3 is 5.71 Å². The molecule has 1 aromatic carbocycles. The predicted molar refractivity (Wildman–Crippen MR) is 132 cm³/mol. The highest BCUT2D eigenvalue weighted by Crippen LogP contribution is 2.44. The third-order valence-electron chi connectivity index (χ3n) is 8.14. The highest BCUT2D eigenvalue weighted by atomic mass is 32.2. The van der Waals surface area contributed by atoms with E-state index < -0.39 is 0 Å². The molecule has 4 rings (SSSR count). The summed E-state index contributed by atoms with van der Waals surface area (Å²) >= 11 is 1.29. The Balaban J connectivity index is 1.51. The van der Waals surface area contributed by atoms with Gasteiger partial charge in [0, 0.05) is 23.0 Å². The smallest absolute Gasteiger partial charge is 0.362 e. The zero-order valence-corrected chi connectivity index (χ0v) is 20.6. The Kier molecular flexibility index (Phi) is 8.24. The van der Waals surface area contributed by atoms with Gasteiger partial charge in [0.05, 0.1) is 17.8 Å². The lowest BCUT2D eigenvalue weighted by molar-refractivity contribution is -0.0199. The first-order valence-electron chi connectivity index (χ1n) is 12.7. The highest BCUT2D eigenvalue weighted by Gasteiger charge is 2.39. The van der Waals surface area contributed by atoms with Crippen LogP contribution in [0.5, 0.6) is 0 Å². The van der Waals surface area contributed by atoms with Crippen LogP contribution in [0.15, 0.2) is 29.2 Å². The maximum atomic E-state index is 12.8. The fourth-order valence-corrected chi connectivity index (χ4v) is 7.18. The molecule has 6 unspecified atom stereocenters. The lowest BCUT2D eigenvalue weighted by Crippen LogP contribution is -2.40. The number of carbonyl (C=O) groups is 1. The summed E-state index contributed by atoms with van der Waals surface area (Å²) in [4.78, 5) is 16.7. The molecule has 2 saturated carbocycles. The monoisotopic (exact) mass is 468 g/mol. The number of allylic oxidation sites excluding steroid dienone is 1. The lowest BCUT2D eigenvalue weighted by atomic mass is 9.69. The molecule has 0 bridgehead atoms. The minimum Gasteiger partial charge on any atom is -0.393 e. The molecular formula is C27H36N2O3S. The van der Waals surface area contributed by atoms with E-state index in [2.05, 4.69) is 18.6 Å². The summed E-state index contributed by atoms with van der Waals surface area (Å²) in [6, 6.07) is 5.74. The fraction of sp³-hybridized carbons (Fsp3) is 0.630. The zero-order chi connectivity index (χ0) is 23.4. The van der Waals surface area contributed by atoms with E-state index in [1.54, 1.807) is 6.08 Å². The zero-order valence-electron chi connectivity index (χ0n) is 19.8.